The van der Waals surface area contributed by atoms with Crippen LogP contribution in [0.1, 0.15) is 24.3 Å². The van der Waals surface area contributed by atoms with Crippen LogP contribution in [0.5, 0.6) is 0 Å². The van der Waals surface area contributed by atoms with Crippen molar-refractivity contribution in [2.75, 3.05) is 6.61 Å². The van der Waals surface area contributed by atoms with E-state index in [1.54, 1.807) is 18.2 Å². The Kier molecular flexibility index (Phi) is 3.06. The number of Topliss-reactive ketones (excluding diaryl/α,β-unsaturated/α-hetero) is 1. The van der Waals surface area contributed by atoms with Crippen LogP contribution in [0.2, 0.25) is 10.0 Å². The maximum Gasteiger partial charge on any atom is 0.337 e. The van der Waals surface area contributed by atoms with E-state index in [0.717, 1.165) is 17.0 Å². The van der Waals surface area contributed by atoms with E-state index >= 15 is 0 Å². The molecule has 0 spiro atoms. The molecule has 2 aliphatic heterocycles. The van der Waals surface area contributed by atoms with Crippen molar-refractivity contribution >= 4 is 35.0 Å². The summed E-state index contributed by atoms with van der Waals surface area (Å²) in [5.41, 5.74) is 3.57. The zero-order chi connectivity index (χ0) is 15.4. The SMILES string of the molecule is O=C1CCC2=C1C(c1ccc(Cl)c(Cl)c1)C1=C(COC1=O)N2. The van der Waals surface area contributed by atoms with Crippen LogP contribution in [0.4, 0.5) is 0 Å². The summed E-state index contributed by atoms with van der Waals surface area (Å²) < 4.78 is 5.13. The van der Waals surface area contributed by atoms with Crippen LogP contribution in [-0.4, -0.2) is 18.4 Å². The highest BCUT2D eigenvalue weighted by Crippen LogP contribution is 2.45. The third kappa shape index (κ3) is 1.91. The van der Waals surface area contributed by atoms with Crippen LogP contribution in [0.3, 0.4) is 0 Å². The Morgan fingerprint density at radius 1 is 1.05 bits per heavy atom. The second-order valence-corrected chi connectivity index (χ2v) is 6.33. The molecule has 6 heteroatoms. The molecular weight excluding hydrogens is 325 g/mol. The van der Waals surface area contributed by atoms with Gasteiger partial charge in [-0.25, -0.2) is 4.79 Å². The van der Waals surface area contributed by atoms with Crippen molar-refractivity contribution in [2.45, 2.75) is 18.8 Å². The van der Waals surface area contributed by atoms with Crippen molar-refractivity contribution in [1.29, 1.82) is 0 Å². The number of cyclic esters (lactones) is 1. The maximum absolute atomic E-state index is 12.3. The molecule has 22 heavy (non-hydrogen) atoms. The van der Waals surface area contributed by atoms with E-state index in [0.29, 0.717) is 34.0 Å². The lowest BCUT2D eigenvalue weighted by Crippen LogP contribution is -2.26. The number of carbonyl (C=O) groups is 2. The van der Waals surface area contributed by atoms with Crippen molar-refractivity contribution in [3.8, 4) is 0 Å². The van der Waals surface area contributed by atoms with E-state index in [2.05, 4.69) is 5.32 Å². The molecule has 0 radical (unpaired) electrons. The molecule has 4 rings (SSSR count). The zero-order valence-electron chi connectivity index (χ0n) is 11.4. The van der Waals surface area contributed by atoms with Crippen LogP contribution >= 0.6 is 23.2 Å². The minimum atomic E-state index is -0.425. The van der Waals surface area contributed by atoms with Gasteiger partial charge in [0.1, 0.15) is 6.61 Å². The van der Waals surface area contributed by atoms with E-state index in [4.69, 9.17) is 27.9 Å². The van der Waals surface area contributed by atoms with Crippen LogP contribution in [-0.2, 0) is 14.3 Å². The van der Waals surface area contributed by atoms with Crippen molar-refractivity contribution in [1.82, 2.24) is 5.32 Å². The first-order valence-corrected chi connectivity index (χ1v) is 7.70. The molecule has 2 heterocycles. The minimum Gasteiger partial charge on any atom is -0.456 e. The smallest absolute Gasteiger partial charge is 0.337 e. The van der Waals surface area contributed by atoms with E-state index < -0.39 is 5.92 Å². The minimum absolute atomic E-state index is 0.0600. The van der Waals surface area contributed by atoms with Gasteiger partial charge in [0.15, 0.2) is 5.78 Å². The summed E-state index contributed by atoms with van der Waals surface area (Å²) in [7, 11) is 0. The monoisotopic (exact) mass is 335 g/mol. The molecule has 0 fully saturated rings. The molecule has 0 aromatic heterocycles. The molecule has 0 bridgehead atoms. The van der Waals surface area contributed by atoms with Crippen LogP contribution < -0.4 is 5.32 Å². The molecule has 112 valence electrons. The first-order chi connectivity index (χ1) is 10.6. The third-order valence-electron chi connectivity index (χ3n) is 4.28. The average Bonchev–Trinajstić information content (AvgIpc) is 3.05. The predicted octanol–water partition coefficient (Wildman–Crippen LogP) is 3.11. The third-order valence-corrected chi connectivity index (χ3v) is 5.02. The average molecular weight is 336 g/mol. The molecule has 1 unspecified atom stereocenters. The summed E-state index contributed by atoms with van der Waals surface area (Å²) in [4.78, 5) is 24.4. The summed E-state index contributed by atoms with van der Waals surface area (Å²) in [6.45, 7) is 0.219. The van der Waals surface area contributed by atoms with E-state index in [1.165, 1.54) is 0 Å². The van der Waals surface area contributed by atoms with Crippen molar-refractivity contribution < 1.29 is 14.3 Å². The number of allylic oxidation sites excluding steroid dienone is 2. The van der Waals surface area contributed by atoms with Crippen LogP contribution in [0, 0.1) is 0 Å². The van der Waals surface area contributed by atoms with E-state index in [9.17, 15) is 9.59 Å². The number of hydrogen-bond acceptors (Lipinski definition) is 4. The molecule has 0 saturated carbocycles. The summed E-state index contributed by atoms with van der Waals surface area (Å²) in [6.07, 6.45) is 1.13. The first-order valence-electron chi connectivity index (χ1n) is 6.94. The number of esters is 1. The number of ketones is 1. The molecule has 1 N–H and O–H groups in total. The van der Waals surface area contributed by atoms with Crippen molar-refractivity contribution in [3.05, 3.63) is 56.3 Å². The van der Waals surface area contributed by atoms with E-state index in [-0.39, 0.29) is 18.4 Å². The highest BCUT2D eigenvalue weighted by molar-refractivity contribution is 6.42. The lowest BCUT2D eigenvalue weighted by molar-refractivity contribution is -0.136. The molecular formula is C16H11Cl2NO3. The Bertz CT molecular complexity index is 755. The van der Waals surface area contributed by atoms with Gasteiger partial charge < -0.3 is 10.1 Å². The quantitative estimate of drug-likeness (QED) is 0.801. The number of benzene rings is 1. The van der Waals surface area contributed by atoms with Gasteiger partial charge in [-0.05, 0) is 24.1 Å². The highest BCUT2D eigenvalue weighted by atomic mass is 35.5. The largest absolute Gasteiger partial charge is 0.456 e. The Balaban J connectivity index is 1.91. The Morgan fingerprint density at radius 3 is 2.64 bits per heavy atom. The molecule has 4 nitrogen and oxygen atoms in total. The van der Waals surface area contributed by atoms with Gasteiger partial charge in [-0.3, -0.25) is 4.79 Å². The van der Waals surface area contributed by atoms with Gasteiger partial charge in [0.25, 0.3) is 0 Å². The number of nitrogens with one attached hydrogen (secondary N) is 1. The van der Waals surface area contributed by atoms with Crippen LogP contribution in [0.25, 0.3) is 0 Å². The van der Waals surface area contributed by atoms with Gasteiger partial charge in [0.05, 0.1) is 21.3 Å². The van der Waals surface area contributed by atoms with Gasteiger partial charge in [-0.1, -0.05) is 29.3 Å². The van der Waals surface area contributed by atoms with Gasteiger partial charge in [-0.15, -0.1) is 0 Å². The standard InChI is InChI=1S/C16H11Cl2NO3/c17-8-2-1-7(5-9(8)18)13-14-10(3-4-12(14)20)19-11-6-22-16(21)15(11)13/h1-2,5,13,19H,3-4,6H2. The second kappa shape index (κ2) is 4.86. The van der Waals surface area contributed by atoms with Crippen LogP contribution in [0.15, 0.2) is 40.7 Å². The number of carbonyl (C=O) groups excluding carboxylic acids is 2. The maximum atomic E-state index is 12.3. The van der Waals surface area contributed by atoms with E-state index in [1.807, 2.05) is 0 Å². The Labute approximate surface area is 136 Å². The van der Waals surface area contributed by atoms with Gasteiger partial charge in [0, 0.05) is 23.6 Å². The molecule has 0 saturated heterocycles. The molecule has 1 atom stereocenters. The second-order valence-electron chi connectivity index (χ2n) is 5.52. The van der Waals surface area contributed by atoms with Gasteiger partial charge >= 0.3 is 5.97 Å². The number of hydrogen-bond donors (Lipinski definition) is 1. The topological polar surface area (TPSA) is 55.4 Å². The molecule has 0 amide bonds. The molecule has 1 aromatic carbocycles. The first kappa shape index (κ1) is 13.9. The molecule has 1 aliphatic carbocycles. The fourth-order valence-corrected chi connectivity index (χ4v) is 3.61. The highest BCUT2D eigenvalue weighted by Gasteiger charge is 2.43. The van der Waals surface area contributed by atoms with Gasteiger partial charge in [-0.2, -0.15) is 0 Å². The predicted molar refractivity (Wildman–Crippen MR) is 81.6 cm³/mol. The molecule has 1 aromatic rings. The fraction of sp³-hybridized carbons (Fsp3) is 0.250. The van der Waals surface area contributed by atoms with Gasteiger partial charge in [0.2, 0.25) is 0 Å². The number of halogens is 2. The summed E-state index contributed by atoms with van der Waals surface area (Å²) in [5.74, 6) is -0.749. The lowest BCUT2D eigenvalue weighted by atomic mass is 9.81. The van der Waals surface area contributed by atoms with Crippen molar-refractivity contribution in [3.63, 3.8) is 0 Å². The normalized spacial score (nSPS) is 23.5. The van der Waals surface area contributed by atoms with Crippen molar-refractivity contribution in [2.24, 2.45) is 0 Å². The summed E-state index contributed by atoms with van der Waals surface area (Å²) in [6, 6.07) is 5.20. The number of ether oxygens (including phenoxy) is 1. The molecule has 3 aliphatic rings. The zero-order valence-corrected chi connectivity index (χ0v) is 12.9. The number of rotatable bonds is 1. The Morgan fingerprint density at radius 2 is 1.86 bits per heavy atom. The lowest BCUT2D eigenvalue weighted by Gasteiger charge is -2.26. The summed E-state index contributed by atoms with van der Waals surface area (Å²) >= 11 is 12.1. The fourth-order valence-electron chi connectivity index (χ4n) is 3.30. The number of dihydropyridines is 1. The summed E-state index contributed by atoms with van der Waals surface area (Å²) in [5, 5.41) is 4.04. The Hall–Kier alpha value is -1.78.